The molecule has 0 unspecified atom stereocenters. The average molecular weight is 332 g/mol. The van der Waals surface area contributed by atoms with Crippen LogP contribution in [0.2, 0.25) is 0 Å². The summed E-state index contributed by atoms with van der Waals surface area (Å²) in [5.41, 5.74) is 1.18. The van der Waals surface area contributed by atoms with Crippen LogP contribution < -0.4 is 10.1 Å². The van der Waals surface area contributed by atoms with Gasteiger partial charge in [0.1, 0.15) is 6.10 Å². The third-order valence-corrected chi connectivity index (χ3v) is 5.31. The Bertz CT molecular complexity index is 535. The summed E-state index contributed by atoms with van der Waals surface area (Å²) < 4.78 is 6.02. The molecule has 1 aromatic heterocycles. The van der Waals surface area contributed by atoms with Gasteiger partial charge in [-0.15, -0.1) is 0 Å². The predicted molar refractivity (Wildman–Crippen MR) is 92.0 cm³/mol. The maximum absolute atomic E-state index is 11.0. The van der Waals surface area contributed by atoms with Gasteiger partial charge in [0.05, 0.1) is 5.92 Å². The molecule has 3 rings (SSSR count). The maximum atomic E-state index is 11.0. The highest BCUT2D eigenvalue weighted by atomic mass is 16.5. The van der Waals surface area contributed by atoms with Gasteiger partial charge in [-0.25, -0.2) is 4.98 Å². The van der Waals surface area contributed by atoms with E-state index in [0.29, 0.717) is 12.1 Å². The van der Waals surface area contributed by atoms with Crippen molar-refractivity contribution in [3.8, 4) is 5.88 Å². The van der Waals surface area contributed by atoms with Gasteiger partial charge in [0, 0.05) is 24.8 Å². The number of ether oxygens (including phenoxy) is 1. The normalized spacial score (nSPS) is 25.3. The lowest BCUT2D eigenvalue weighted by Crippen LogP contribution is -2.34. The largest absolute Gasteiger partial charge is 0.481 e. The Morgan fingerprint density at radius 1 is 1.17 bits per heavy atom. The number of aliphatic carboxylic acids is 1. The highest BCUT2D eigenvalue weighted by Gasteiger charge is 2.25. The number of rotatable bonds is 6. The van der Waals surface area contributed by atoms with Crippen molar-refractivity contribution in [3.05, 3.63) is 23.9 Å². The lowest BCUT2D eigenvalue weighted by atomic mass is 9.86. The third kappa shape index (κ3) is 4.94. The average Bonchev–Trinajstić information content (AvgIpc) is 2.61. The van der Waals surface area contributed by atoms with Crippen molar-refractivity contribution in [2.45, 2.75) is 76.5 Å². The lowest BCUT2D eigenvalue weighted by Gasteiger charge is -2.27. The van der Waals surface area contributed by atoms with Gasteiger partial charge in [0.25, 0.3) is 0 Å². The maximum Gasteiger partial charge on any atom is 0.306 e. The fourth-order valence-electron chi connectivity index (χ4n) is 3.79. The second-order valence-corrected chi connectivity index (χ2v) is 7.15. The number of carboxylic acid groups (broad SMARTS) is 1. The standard InChI is InChI=1S/C19H28N2O3/c22-19(23)15-6-8-16(9-7-15)21-13-14-10-11-20-18(12-14)24-17-4-2-1-3-5-17/h10-12,15-17,21H,1-9,13H2,(H,22,23). The van der Waals surface area contributed by atoms with Crippen molar-refractivity contribution >= 4 is 5.97 Å². The lowest BCUT2D eigenvalue weighted by molar-refractivity contribution is -0.142. The Balaban J connectivity index is 1.45. The molecule has 0 bridgehead atoms. The Morgan fingerprint density at radius 3 is 2.62 bits per heavy atom. The molecule has 1 aromatic rings. The van der Waals surface area contributed by atoms with Crippen molar-refractivity contribution in [2.24, 2.45) is 5.92 Å². The molecule has 0 radical (unpaired) electrons. The van der Waals surface area contributed by atoms with E-state index in [9.17, 15) is 4.79 Å². The highest BCUT2D eigenvalue weighted by Crippen LogP contribution is 2.25. The number of nitrogens with one attached hydrogen (secondary N) is 1. The van der Waals surface area contributed by atoms with Gasteiger partial charge in [-0.1, -0.05) is 6.42 Å². The van der Waals surface area contributed by atoms with E-state index in [2.05, 4.69) is 10.3 Å². The first-order valence-electron chi connectivity index (χ1n) is 9.28. The molecule has 2 N–H and O–H groups in total. The summed E-state index contributed by atoms with van der Waals surface area (Å²) in [4.78, 5) is 15.3. The molecule has 2 aliphatic rings. The molecule has 1 heterocycles. The van der Waals surface area contributed by atoms with Crippen LogP contribution in [0.1, 0.15) is 63.4 Å². The van der Waals surface area contributed by atoms with Crippen LogP contribution in [-0.2, 0) is 11.3 Å². The first-order valence-corrected chi connectivity index (χ1v) is 9.28. The van der Waals surface area contributed by atoms with Crippen LogP contribution in [0.3, 0.4) is 0 Å². The molecule has 2 aliphatic carbocycles. The second-order valence-electron chi connectivity index (χ2n) is 7.15. The summed E-state index contributed by atoms with van der Waals surface area (Å²) >= 11 is 0. The van der Waals surface area contributed by atoms with Crippen LogP contribution in [0.15, 0.2) is 18.3 Å². The van der Waals surface area contributed by atoms with Crippen molar-refractivity contribution in [1.29, 1.82) is 0 Å². The van der Waals surface area contributed by atoms with E-state index in [-0.39, 0.29) is 5.92 Å². The summed E-state index contributed by atoms with van der Waals surface area (Å²) in [6, 6.07) is 4.46. The highest BCUT2D eigenvalue weighted by molar-refractivity contribution is 5.70. The molecule has 132 valence electrons. The molecule has 0 aliphatic heterocycles. The van der Waals surface area contributed by atoms with Crippen molar-refractivity contribution in [2.75, 3.05) is 0 Å². The van der Waals surface area contributed by atoms with Gasteiger partial charge in [0.15, 0.2) is 0 Å². The topological polar surface area (TPSA) is 71.5 Å². The molecule has 0 atom stereocenters. The summed E-state index contributed by atoms with van der Waals surface area (Å²) in [5.74, 6) is -0.0673. The van der Waals surface area contributed by atoms with E-state index in [1.54, 1.807) is 0 Å². The smallest absolute Gasteiger partial charge is 0.306 e. The monoisotopic (exact) mass is 332 g/mol. The molecular weight excluding hydrogens is 304 g/mol. The Morgan fingerprint density at radius 2 is 1.92 bits per heavy atom. The molecule has 24 heavy (non-hydrogen) atoms. The van der Waals surface area contributed by atoms with Crippen LogP contribution in [0.4, 0.5) is 0 Å². The van der Waals surface area contributed by atoms with Crippen molar-refractivity contribution in [1.82, 2.24) is 10.3 Å². The Labute approximate surface area is 143 Å². The van der Waals surface area contributed by atoms with Crippen LogP contribution in [0.5, 0.6) is 5.88 Å². The molecule has 0 aromatic carbocycles. The quantitative estimate of drug-likeness (QED) is 0.834. The fourth-order valence-corrected chi connectivity index (χ4v) is 3.79. The second kappa shape index (κ2) is 8.47. The zero-order valence-electron chi connectivity index (χ0n) is 14.2. The Hall–Kier alpha value is -1.62. The molecule has 0 spiro atoms. The number of carbonyl (C=O) groups is 1. The molecule has 5 nitrogen and oxygen atoms in total. The zero-order chi connectivity index (χ0) is 16.8. The van der Waals surface area contributed by atoms with E-state index in [4.69, 9.17) is 9.84 Å². The van der Waals surface area contributed by atoms with Crippen molar-refractivity contribution < 1.29 is 14.6 Å². The van der Waals surface area contributed by atoms with Crippen LogP contribution in [-0.4, -0.2) is 28.2 Å². The van der Waals surface area contributed by atoms with Crippen molar-refractivity contribution in [3.63, 3.8) is 0 Å². The Kier molecular flexibility index (Phi) is 6.07. The summed E-state index contributed by atoms with van der Waals surface area (Å²) in [6.07, 6.45) is 11.7. The minimum atomic E-state index is -0.646. The molecule has 2 fully saturated rings. The summed E-state index contributed by atoms with van der Waals surface area (Å²) in [5, 5.41) is 12.6. The summed E-state index contributed by atoms with van der Waals surface area (Å²) in [7, 11) is 0. The number of nitrogens with zero attached hydrogens (tertiary/aromatic N) is 1. The number of carboxylic acids is 1. The molecular formula is C19H28N2O3. The zero-order valence-corrected chi connectivity index (χ0v) is 14.2. The van der Waals surface area contributed by atoms with E-state index in [0.717, 1.165) is 50.9 Å². The van der Waals surface area contributed by atoms with Crippen LogP contribution >= 0.6 is 0 Å². The van der Waals surface area contributed by atoms with Gasteiger partial charge in [0.2, 0.25) is 5.88 Å². The van der Waals surface area contributed by atoms with Gasteiger partial charge < -0.3 is 15.2 Å². The first-order chi connectivity index (χ1) is 11.7. The number of aromatic nitrogens is 1. The molecule has 5 heteroatoms. The molecule has 2 saturated carbocycles. The summed E-state index contributed by atoms with van der Waals surface area (Å²) in [6.45, 7) is 0.784. The van der Waals surface area contributed by atoms with Gasteiger partial charge in [-0.3, -0.25) is 4.79 Å². The number of pyridine rings is 1. The SMILES string of the molecule is O=C(O)C1CCC(NCc2ccnc(OC3CCCCC3)c2)CC1. The first kappa shape index (κ1) is 17.2. The fraction of sp³-hybridized carbons (Fsp3) is 0.684. The predicted octanol–water partition coefficient (Wildman–Crippen LogP) is 3.53. The minimum absolute atomic E-state index is 0.153. The van der Waals surface area contributed by atoms with E-state index in [1.165, 1.54) is 24.8 Å². The third-order valence-electron chi connectivity index (χ3n) is 5.31. The minimum Gasteiger partial charge on any atom is -0.481 e. The van der Waals surface area contributed by atoms with Crippen LogP contribution in [0.25, 0.3) is 0 Å². The van der Waals surface area contributed by atoms with E-state index < -0.39 is 5.97 Å². The van der Waals surface area contributed by atoms with E-state index >= 15 is 0 Å². The molecule has 0 saturated heterocycles. The molecule has 0 amide bonds. The van der Waals surface area contributed by atoms with Crippen LogP contribution in [0, 0.1) is 5.92 Å². The number of hydrogen-bond acceptors (Lipinski definition) is 4. The van der Waals surface area contributed by atoms with Gasteiger partial charge >= 0.3 is 5.97 Å². The van der Waals surface area contributed by atoms with Gasteiger partial charge in [-0.05, 0) is 63.0 Å². The van der Waals surface area contributed by atoms with Gasteiger partial charge in [-0.2, -0.15) is 0 Å². The van der Waals surface area contributed by atoms with E-state index in [1.807, 2.05) is 18.3 Å². The number of hydrogen-bond donors (Lipinski definition) is 2.